The van der Waals surface area contributed by atoms with Gasteiger partial charge in [-0.05, 0) is 93.9 Å². The highest BCUT2D eigenvalue weighted by Gasteiger charge is 2.17. The number of carbonyl (C=O) groups excluding carboxylic acids is 2. The summed E-state index contributed by atoms with van der Waals surface area (Å²) < 4.78 is 0. The van der Waals surface area contributed by atoms with Gasteiger partial charge in [-0.2, -0.15) is 0 Å². The van der Waals surface area contributed by atoms with Crippen molar-refractivity contribution in [2.24, 2.45) is 11.7 Å². The van der Waals surface area contributed by atoms with Crippen molar-refractivity contribution in [1.82, 2.24) is 4.90 Å². The van der Waals surface area contributed by atoms with E-state index in [4.69, 9.17) is 28.9 Å². The van der Waals surface area contributed by atoms with Crippen LogP contribution in [0.4, 0.5) is 5.69 Å². The number of likely N-dealkylation sites (tertiary alicyclic amines) is 1. The molecule has 1 saturated heterocycles. The molecule has 34 heavy (non-hydrogen) atoms. The Hall–Kier alpha value is -1.92. The Morgan fingerprint density at radius 3 is 2.32 bits per heavy atom. The molecule has 4 rings (SSSR count). The van der Waals surface area contributed by atoms with E-state index in [-0.39, 0.29) is 5.91 Å². The number of aldehydes is 1. The molecule has 0 unspecified atom stereocenters. The van der Waals surface area contributed by atoms with Crippen LogP contribution in [0.2, 0.25) is 10.0 Å². The lowest BCUT2D eigenvalue weighted by Crippen LogP contribution is -2.31. The predicted molar refractivity (Wildman–Crippen MR) is 141 cm³/mol. The molecule has 2 aliphatic rings. The molecule has 2 aromatic rings. The van der Waals surface area contributed by atoms with Gasteiger partial charge in [0.25, 0.3) is 5.91 Å². The Kier molecular flexibility index (Phi) is 10.9. The minimum atomic E-state index is -0.211. The predicted octanol–water partition coefficient (Wildman–Crippen LogP) is 5.98. The lowest BCUT2D eigenvalue weighted by Gasteiger charge is -2.26. The largest absolute Gasteiger partial charge is 0.328 e. The molecule has 1 aliphatic heterocycles. The maximum atomic E-state index is 12.4. The van der Waals surface area contributed by atoms with E-state index < -0.39 is 0 Å². The van der Waals surface area contributed by atoms with Crippen LogP contribution >= 0.6 is 23.2 Å². The Bertz CT molecular complexity index is 919. The zero-order valence-corrected chi connectivity index (χ0v) is 21.2. The molecule has 0 spiro atoms. The number of rotatable bonds is 6. The third-order valence-corrected chi connectivity index (χ3v) is 6.92. The number of carbonyl (C=O) groups is 2. The summed E-state index contributed by atoms with van der Waals surface area (Å²) in [6, 6.07) is 13.2. The first-order valence-corrected chi connectivity index (χ1v) is 13.0. The third kappa shape index (κ3) is 9.03. The van der Waals surface area contributed by atoms with Crippen LogP contribution in [0.5, 0.6) is 0 Å². The molecule has 0 atom stereocenters. The van der Waals surface area contributed by atoms with Crippen LogP contribution in [0.3, 0.4) is 0 Å². The highest BCUT2D eigenvalue weighted by molar-refractivity contribution is 6.35. The van der Waals surface area contributed by atoms with Crippen molar-refractivity contribution in [3.63, 3.8) is 0 Å². The zero-order valence-electron chi connectivity index (χ0n) is 19.6. The Balaban J connectivity index is 0.000000302. The third-order valence-electron chi connectivity index (χ3n) is 6.48. The van der Waals surface area contributed by atoms with E-state index in [1.165, 1.54) is 37.9 Å². The highest BCUT2D eigenvalue weighted by atomic mass is 35.5. The van der Waals surface area contributed by atoms with Gasteiger partial charge < -0.3 is 20.7 Å². The Morgan fingerprint density at radius 1 is 1.00 bits per heavy atom. The lowest BCUT2D eigenvalue weighted by molar-refractivity contribution is -0.111. The maximum absolute atomic E-state index is 12.4. The molecule has 184 valence electrons. The quantitative estimate of drug-likeness (QED) is 0.475. The second-order valence-electron chi connectivity index (χ2n) is 9.28. The first-order valence-electron chi connectivity index (χ1n) is 12.2. The number of nitrogens with two attached hydrogens (primary N) is 1. The van der Waals surface area contributed by atoms with Crippen molar-refractivity contribution in [1.29, 1.82) is 0 Å². The monoisotopic (exact) mass is 503 g/mol. The molecular weight excluding hydrogens is 469 g/mol. The number of hydrogen-bond donors (Lipinski definition) is 2. The highest BCUT2D eigenvalue weighted by Crippen LogP contribution is 2.21. The van der Waals surface area contributed by atoms with Crippen LogP contribution in [0.15, 0.2) is 42.5 Å². The molecule has 5 nitrogen and oxygen atoms in total. The Labute approximate surface area is 213 Å². The van der Waals surface area contributed by atoms with Crippen molar-refractivity contribution >= 4 is 41.1 Å². The van der Waals surface area contributed by atoms with Gasteiger partial charge in [0, 0.05) is 39.8 Å². The minimum Gasteiger partial charge on any atom is -0.328 e. The number of piperidine rings is 1. The van der Waals surface area contributed by atoms with E-state index in [0.29, 0.717) is 27.6 Å². The molecule has 2 aromatic carbocycles. The van der Waals surface area contributed by atoms with Crippen LogP contribution in [-0.4, -0.2) is 42.8 Å². The average molecular weight is 505 g/mol. The molecule has 1 aliphatic carbocycles. The fourth-order valence-corrected chi connectivity index (χ4v) is 4.97. The van der Waals surface area contributed by atoms with Gasteiger partial charge in [0.2, 0.25) is 0 Å². The van der Waals surface area contributed by atoms with Crippen molar-refractivity contribution in [3.05, 3.63) is 63.6 Å². The molecule has 0 aromatic heterocycles. The number of nitrogens with one attached hydrogen (secondary N) is 1. The number of halogens is 2. The molecule has 1 amide bonds. The van der Waals surface area contributed by atoms with E-state index in [9.17, 15) is 9.59 Å². The first kappa shape index (κ1) is 26.7. The van der Waals surface area contributed by atoms with Crippen molar-refractivity contribution in [2.75, 3.05) is 25.0 Å². The van der Waals surface area contributed by atoms with Crippen LogP contribution in [0.25, 0.3) is 0 Å². The molecule has 3 N–H and O–H groups in total. The van der Waals surface area contributed by atoms with Gasteiger partial charge in [0.15, 0.2) is 0 Å². The molecule has 0 radical (unpaired) electrons. The fourth-order valence-electron chi connectivity index (χ4n) is 4.44. The van der Waals surface area contributed by atoms with Gasteiger partial charge >= 0.3 is 0 Å². The van der Waals surface area contributed by atoms with E-state index in [2.05, 4.69) is 16.3 Å². The average Bonchev–Trinajstić information content (AvgIpc) is 2.84. The zero-order chi connectivity index (χ0) is 24.3. The van der Waals surface area contributed by atoms with E-state index in [1.807, 2.05) is 18.2 Å². The fraction of sp³-hybridized carbons (Fsp3) is 0.481. The van der Waals surface area contributed by atoms with Gasteiger partial charge in [-0.1, -0.05) is 41.8 Å². The number of hydrogen-bond acceptors (Lipinski definition) is 4. The number of anilines is 1. The standard InChI is InChI=1S/C20H22Cl2N2O.C7H13NO/c21-17-12-16(13-18(22)14-17)20(25)23-19-6-4-5-15(11-19)7-10-24-8-2-1-3-9-24;8-7-3-1-6(5-9)2-4-7/h4-6,11-14H,1-3,7-10H2,(H,23,25);5-7H,1-4,8H2. The topological polar surface area (TPSA) is 75.4 Å². The molecule has 7 heteroatoms. The van der Waals surface area contributed by atoms with Gasteiger partial charge in [-0.3, -0.25) is 4.79 Å². The molecule has 0 bridgehead atoms. The van der Waals surface area contributed by atoms with Gasteiger partial charge in [-0.25, -0.2) is 0 Å². The van der Waals surface area contributed by atoms with Crippen molar-refractivity contribution < 1.29 is 9.59 Å². The normalized spacial score (nSPS) is 20.7. The second-order valence-corrected chi connectivity index (χ2v) is 10.1. The van der Waals surface area contributed by atoms with Crippen molar-refractivity contribution in [2.45, 2.75) is 57.4 Å². The SMILES string of the molecule is NC1CCC(C=O)CC1.O=C(Nc1cccc(CCN2CCCCC2)c1)c1cc(Cl)cc(Cl)c1. The molecular formula is C27H35Cl2N3O2. The second kappa shape index (κ2) is 13.8. The summed E-state index contributed by atoms with van der Waals surface area (Å²) in [5.41, 5.74) is 8.11. The van der Waals surface area contributed by atoms with Crippen LogP contribution < -0.4 is 11.1 Å². The summed E-state index contributed by atoms with van der Waals surface area (Å²) in [5, 5.41) is 3.82. The minimum absolute atomic E-state index is 0.211. The first-order chi connectivity index (χ1) is 16.4. The van der Waals surface area contributed by atoms with E-state index in [0.717, 1.165) is 50.6 Å². The number of amides is 1. The summed E-state index contributed by atoms with van der Waals surface area (Å²) >= 11 is 11.9. The van der Waals surface area contributed by atoms with Crippen molar-refractivity contribution in [3.8, 4) is 0 Å². The van der Waals surface area contributed by atoms with Crippen LogP contribution in [0, 0.1) is 5.92 Å². The van der Waals surface area contributed by atoms with Gasteiger partial charge in [-0.15, -0.1) is 0 Å². The summed E-state index contributed by atoms with van der Waals surface area (Å²) in [7, 11) is 0. The smallest absolute Gasteiger partial charge is 0.255 e. The molecule has 2 fully saturated rings. The maximum Gasteiger partial charge on any atom is 0.255 e. The lowest BCUT2D eigenvalue weighted by atomic mass is 9.88. The summed E-state index contributed by atoms with van der Waals surface area (Å²) in [6.45, 7) is 3.47. The Morgan fingerprint density at radius 2 is 1.68 bits per heavy atom. The van der Waals surface area contributed by atoms with Gasteiger partial charge in [0.1, 0.15) is 6.29 Å². The number of benzene rings is 2. The summed E-state index contributed by atoms with van der Waals surface area (Å²) in [5.74, 6) is 0.0994. The van der Waals surface area contributed by atoms with Crippen LogP contribution in [0.1, 0.15) is 60.9 Å². The van der Waals surface area contributed by atoms with Crippen LogP contribution in [-0.2, 0) is 11.2 Å². The summed E-state index contributed by atoms with van der Waals surface area (Å²) in [4.78, 5) is 25.1. The molecule has 1 saturated carbocycles. The van der Waals surface area contributed by atoms with E-state index >= 15 is 0 Å². The number of nitrogens with zero attached hydrogens (tertiary/aromatic N) is 1. The summed E-state index contributed by atoms with van der Waals surface area (Å²) in [6.07, 6.45) is 10.1. The molecule has 1 heterocycles. The van der Waals surface area contributed by atoms with Gasteiger partial charge in [0.05, 0.1) is 0 Å². The van der Waals surface area contributed by atoms with E-state index in [1.54, 1.807) is 18.2 Å².